The summed E-state index contributed by atoms with van der Waals surface area (Å²) in [6.07, 6.45) is 14.0. The summed E-state index contributed by atoms with van der Waals surface area (Å²) >= 11 is 0. The number of aliphatic hydroxyl groups excluding tert-OH is 1. The van der Waals surface area contributed by atoms with Gasteiger partial charge in [-0.3, -0.25) is 9.69 Å². The molecule has 3 saturated carbocycles. The monoisotopic (exact) mass is 500 g/mol. The lowest BCUT2D eigenvalue weighted by atomic mass is 9.44. The zero-order chi connectivity index (χ0) is 26.4. The maximum atomic E-state index is 13.7. The van der Waals surface area contributed by atoms with Crippen molar-refractivity contribution in [3.63, 3.8) is 0 Å². The first-order valence-electron chi connectivity index (χ1n) is 15.2. The second-order valence-corrected chi connectivity index (χ2v) is 14.4. The lowest BCUT2D eigenvalue weighted by Gasteiger charge is -2.60. The molecule has 1 amide bonds. The predicted octanol–water partition coefficient (Wildman–Crippen LogP) is 6.64. The van der Waals surface area contributed by atoms with E-state index in [4.69, 9.17) is 0 Å². The summed E-state index contributed by atoms with van der Waals surface area (Å²) in [5, 5.41) is 14.1. The highest BCUT2D eigenvalue weighted by atomic mass is 16.3. The largest absolute Gasteiger partial charge is 0.393 e. The summed E-state index contributed by atoms with van der Waals surface area (Å²) in [6, 6.07) is 0. The molecule has 4 rings (SSSR count). The minimum absolute atomic E-state index is 0.00518. The quantitative estimate of drug-likeness (QED) is 0.290. The van der Waals surface area contributed by atoms with Crippen molar-refractivity contribution in [3.05, 3.63) is 11.6 Å². The second-order valence-electron chi connectivity index (χ2n) is 14.4. The first kappa shape index (κ1) is 28.1. The Kier molecular flexibility index (Phi) is 8.38. The van der Waals surface area contributed by atoms with E-state index in [-0.39, 0.29) is 23.4 Å². The van der Waals surface area contributed by atoms with Gasteiger partial charge in [0.1, 0.15) is 0 Å². The number of nitrogens with zero attached hydrogens (tertiary/aromatic N) is 1. The molecule has 2 N–H and O–H groups in total. The van der Waals surface area contributed by atoms with Crippen LogP contribution in [0.25, 0.3) is 0 Å². The third-order valence-corrected chi connectivity index (χ3v) is 11.9. The van der Waals surface area contributed by atoms with E-state index in [1.54, 1.807) is 0 Å². The third kappa shape index (κ3) is 4.95. The van der Waals surface area contributed by atoms with Crippen LogP contribution < -0.4 is 5.32 Å². The molecule has 0 aromatic rings. The van der Waals surface area contributed by atoms with E-state index in [0.29, 0.717) is 23.7 Å². The third-order valence-electron chi connectivity index (χ3n) is 11.9. The minimum Gasteiger partial charge on any atom is -0.393 e. The van der Waals surface area contributed by atoms with E-state index in [9.17, 15) is 9.90 Å². The van der Waals surface area contributed by atoms with Crippen molar-refractivity contribution in [2.75, 3.05) is 14.1 Å². The predicted molar refractivity (Wildman–Crippen MR) is 149 cm³/mol. The van der Waals surface area contributed by atoms with Crippen LogP contribution in [0.2, 0.25) is 0 Å². The average molecular weight is 501 g/mol. The van der Waals surface area contributed by atoms with Crippen LogP contribution in [0.3, 0.4) is 0 Å². The molecule has 4 aliphatic rings. The molecule has 4 heteroatoms. The molecule has 4 aliphatic carbocycles. The van der Waals surface area contributed by atoms with E-state index >= 15 is 0 Å². The molecule has 0 aliphatic heterocycles. The van der Waals surface area contributed by atoms with Gasteiger partial charge < -0.3 is 10.4 Å². The van der Waals surface area contributed by atoms with Gasteiger partial charge >= 0.3 is 0 Å². The second kappa shape index (κ2) is 10.7. The van der Waals surface area contributed by atoms with Crippen LogP contribution in [0.1, 0.15) is 106 Å². The van der Waals surface area contributed by atoms with Crippen LogP contribution >= 0.6 is 0 Å². The number of nitrogens with one attached hydrogen (secondary N) is 1. The van der Waals surface area contributed by atoms with Crippen LogP contribution in [0.5, 0.6) is 0 Å². The number of rotatable bonds is 8. The van der Waals surface area contributed by atoms with E-state index in [2.05, 4.69) is 46.0 Å². The number of carbonyl (C=O) groups is 1. The van der Waals surface area contributed by atoms with Gasteiger partial charge in [0, 0.05) is 11.3 Å². The molecule has 0 heterocycles. The maximum Gasteiger partial charge on any atom is 0.225 e. The standard InChI is InChI=1S/C32H56N2O2/c1-20(2)10-9-11-21(3)26-14-15-27-25-13-12-23-18-24(35)19-29(30(36)33-22(4)34(7)8)32(23,6)28(25)16-17-31(26,27)5/h12,20-22,24-29,35H,9-11,13-19H2,1-8H3,(H,33,36)/t21-,22?,24-,25+,26-,27+,28+,29?,31-,32-/m1/s1. The number of aliphatic hydroxyl groups is 1. The van der Waals surface area contributed by atoms with Crippen LogP contribution in [0.4, 0.5) is 0 Å². The molecular formula is C32H56N2O2. The van der Waals surface area contributed by atoms with Crippen LogP contribution in [-0.4, -0.2) is 42.3 Å². The van der Waals surface area contributed by atoms with E-state index in [0.717, 1.165) is 36.5 Å². The van der Waals surface area contributed by atoms with Gasteiger partial charge in [-0.05, 0) is 107 Å². The maximum absolute atomic E-state index is 13.7. The molecule has 3 fully saturated rings. The smallest absolute Gasteiger partial charge is 0.225 e. The SMILES string of the molecule is CC(C)CCC[C@@H](C)[C@H]1CC[C@H]2[C@@H]3CC=C4C[C@@H](O)CC(C(=O)NC(C)N(C)C)[C@@]4(C)[C@H]3CC[C@]12C. The Labute approximate surface area is 222 Å². The summed E-state index contributed by atoms with van der Waals surface area (Å²) in [5.41, 5.74) is 1.70. The zero-order valence-corrected chi connectivity index (χ0v) is 24.6. The Bertz CT molecular complexity index is 821. The van der Waals surface area contributed by atoms with E-state index in [1.165, 1.54) is 50.5 Å². The van der Waals surface area contributed by atoms with Crippen LogP contribution in [-0.2, 0) is 4.79 Å². The molecule has 10 atom stereocenters. The molecule has 0 bridgehead atoms. The topological polar surface area (TPSA) is 52.6 Å². The van der Waals surface area contributed by atoms with Gasteiger partial charge in [-0.1, -0.05) is 65.5 Å². The van der Waals surface area contributed by atoms with Crippen molar-refractivity contribution in [1.82, 2.24) is 10.2 Å². The normalized spacial score (nSPS) is 41.8. The molecule has 0 radical (unpaired) electrons. The summed E-state index contributed by atoms with van der Waals surface area (Å²) in [5.74, 6) is 4.49. The van der Waals surface area contributed by atoms with Gasteiger partial charge in [0.2, 0.25) is 5.91 Å². The van der Waals surface area contributed by atoms with E-state index < -0.39 is 6.10 Å². The summed E-state index contributed by atoms with van der Waals surface area (Å²) in [7, 11) is 4.01. The number of hydrogen-bond donors (Lipinski definition) is 2. The number of allylic oxidation sites excluding steroid dienone is 1. The van der Waals surface area contributed by atoms with Gasteiger partial charge in [-0.2, -0.15) is 0 Å². The van der Waals surface area contributed by atoms with Crippen molar-refractivity contribution < 1.29 is 9.90 Å². The van der Waals surface area contributed by atoms with Gasteiger partial charge in [0.25, 0.3) is 0 Å². The van der Waals surface area contributed by atoms with Gasteiger partial charge in [-0.15, -0.1) is 0 Å². The van der Waals surface area contributed by atoms with Gasteiger partial charge in [-0.25, -0.2) is 0 Å². The summed E-state index contributed by atoms with van der Waals surface area (Å²) in [4.78, 5) is 15.7. The zero-order valence-electron chi connectivity index (χ0n) is 24.6. The van der Waals surface area contributed by atoms with Crippen molar-refractivity contribution >= 4 is 5.91 Å². The lowest BCUT2D eigenvalue weighted by molar-refractivity contribution is -0.140. The summed E-state index contributed by atoms with van der Waals surface area (Å²) in [6.45, 7) is 14.3. The minimum atomic E-state index is -0.400. The Morgan fingerprint density at radius 3 is 2.50 bits per heavy atom. The molecule has 0 saturated heterocycles. The average Bonchev–Trinajstić information content (AvgIpc) is 3.15. The number of hydrogen-bond acceptors (Lipinski definition) is 3. The fourth-order valence-corrected chi connectivity index (χ4v) is 9.58. The van der Waals surface area contributed by atoms with Crippen LogP contribution in [0, 0.1) is 52.3 Å². The first-order valence-corrected chi connectivity index (χ1v) is 15.2. The molecule has 0 spiro atoms. The molecule has 0 aromatic carbocycles. The Balaban J connectivity index is 1.56. The number of amides is 1. The van der Waals surface area contributed by atoms with E-state index in [1.807, 2.05) is 25.9 Å². The molecule has 2 unspecified atom stereocenters. The fraction of sp³-hybridized carbons (Fsp3) is 0.906. The lowest BCUT2D eigenvalue weighted by Crippen LogP contribution is -2.58. The molecular weight excluding hydrogens is 444 g/mol. The van der Waals surface area contributed by atoms with Crippen molar-refractivity contribution in [1.29, 1.82) is 0 Å². The van der Waals surface area contributed by atoms with Crippen molar-refractivity contribution in [2.45, 2.75) is 118 Å². The van der Waals surface area contributed by atoms with Crippen molar-refractivity contribution in [3.8, 4) is 0 Å². The first-order chi connectivity index (χ1) is 16.9. The van der Waals surface area contributed by atoms with Gasteiger partial charge in [0.15, 0.2) is 0 Å². The Hall–Kier alpha value is -0.870. The fourth-order valence-electron chi connectivity index (χ4n) is 9.58. The summed E-state index contributed by atoms with van der Waals surface area (Å²) < 4.78 is 0. The highest BCUT2D eigenvalue weighted by Crippen LogP contribution is 2.68. The highest BCUT2D eigenvalue weighted by Gasteiger charge is 2.62. The Morgan fingerprint density at radius 1 is 1.11 bits per heavy atom. The Morgan fingerprint density at radius 2 is 1.83 bits per heavy atom. The molecule has 4 nitrogen and oxygen atoms in total. The molecule has 206 valence electrons. The number of carbonyl (C=O) groups excluding carboxylic acids is 1. The van der Waals surface area contributed by atoms with Gasteiger partial charge in [0.05, 0.1) is 12.3 Å². The molecule has 0 aromatic heterocycles. The van der Waals surface area contributed by atoms with Crippen LogP contribution in [0.15, 0.2) is 11.6 Å². The molecule has 36 heavy (non-hydrogen) atoms. The van der Waals surface area contributed by atoms with Crippen molar-refractivity contribution in [2.24, 2.45) is 52.3 Å². The number of fused-ring (bicyclic) bond motifs is 5. The highest BCUT2D eigenvalue weighted by molar-refractivity contribution is 5.80.